The molecule has 21 heavy (non-hydrogen) atoms. The molecule has 0 saturated carbocycles. The molecule has 3 aromatic rings. The molecule has 0 unspecified atom stereocenters. The lowest BCUT2D eigenvalue weighted by Gasteiger charge is -2.11. The van der Waals surface area contributed by atoms with Gasteiger partial charge >= 0.3 is 0 Å². The molecule has 0 saturated heterocycles. The van der Waals surface area contributed by atoms with Crippen molar-refractivity contribution in [3.63, 3.8) is 0 Å². The predicted molar refractivity (Wildman–Crippen MR) is 83.1 cm³/mol. The minimum atomic E-state index is 0.345. The molecule has 0 bridgehead atoms. The monoisotopic (exact) mass is 277 g/mol. The summed E-state index contributed by atoms with van der Waals surface area (Å²) in [6.45, 7) is 3.97. The number of carbonyl (C=O) groups excluding carboxylic acids is 1. The molecule has 2 aromatic carbocycles. The average molecular weight is 277 g/mol. The lowest BCUT2D eigenvalue weighted by molar-refractivity contribution is 0.112. The van der Waals surface area contributed by atoms with Crippen LogP contribution in [0.4, 0.5) is 0 Å². The standard InChI is InChI=1S/C18H15NO2/c1-12-7-8-13(2)17(9-12)21-18-15(11-20)10-14-5-3-4-6-16(14)19-18/h3-11H,1-2H3. The molecule has 3 heteroatoms. The zero-order valence-electron chi connectivity index (χ0n) is 12.0. The summed E-state index contributed by atoms with van der Waals surface area (Å²) in [5, 5.41) is 0.924. The Bertz CT molecular complexity index is 825. The van der Waals surface area contributed by atoms with Crippen LogP contribution in [-0.4, -0.2) is 11.3 Å². The Morgan fingerprint density at radius 3 is 2.67 bits per heavy atom. The SMILES string of the molecule is Cc1ccc(C)c(Oc2nc3ccccc3cc2C=O)c1. The molecule has 0 aliphatic rings. The molecule has 1 heterocycles. The number of hydrogen-bond acceptors (Lipinski definition) is 3. The molecular weight excluding hydrogens is 262 g/mol. The number of ether oxygens (including phenoxy) is 1. The lowest BCUT2D eigenvalue weighted by atomic mass is 10.1. The van der Waals surface area contributed by atoms with Crippen LogP contribution in [-0.2, 0) is 0 Å². The molecule has 104 valence electrons. The summed E-state index contributed by atoms with van der Waals surface area (Å²) in [5.74, 6) is 1.07. The molecule has 0 radical (unpaired) electrons. The van der Waals surface area contributed by atoms with Crippen molar-refractivity contribution in [2.75, 3.05) is 0 Å². The van der Waals surface area contributed by atoms with E-state index in [1.165, 1.54) is 0 Å². The van der Waals surface area contributed by atoms with E-state index < -0.39 is 0 Å². The highest BCUT2D eigenvalue weighted by Gasteiger charge is 2.10. The van der Waals surface area contributed by atoms with Gasteiger partial charge in [0, 0.05) is 5.39 Å². The van der Waals surface area contributed by atoms with Gasteiger partial charge in [-0.1, -0.05) is 30.3 Å². The number of aryl methyl sites for hydroxylation is 2. The van der Waals surface area contributed by atoms with E-state index in [1.807, 2.05) is 56.3 Å². The predicted octanol–water partition coefficient (Wildman–Crippen LogP) is 4.46. The Morgan fingerprint density at radius 2 is 1.86 bits per heavy atom. The number of aromatic nitrogens is 1. The van der Waals surface area contributed by atoms with Gasteiger partial charge in [0.1, 0.15) is 5.75 Å². The fraction of sp³-hybridized carbons (Fsp3) is 0.111. The summed E-state index contributed by atoms with van der Waals surface area (Å²) in [6.07, 6.45) is 0.778. The Morgan fingerprint density at radius 1 is 1.05 bits per heavy atom. The number of carbonyl (C=O) groups is 1. The molecule has 0 aliphatic heterocycles. The second kappa shape index (κ2) is 5.37. The number of pyridine rings is 1. The van der Waals surface area contributed by atoms with Crippen LogP contribution in [0.15, 0.2) is 48.5 Å². The summed E-state index contributed by atoms with van der Waals surface area (Å²) < 4.78 is 5.88. The quantitative estimate of drug-likeness (QED) is 0.664. The largest absolute Gasteiger partial charge is 0.438 e. The number of aldehydes is 1. The summed E-state index contributed by atoms with van der Waals surface area (Å²) in [5.41, 5.74) is 3.37. The maximum Gasteiger partial charge on any atom is 0.230 e. The topological polar surface area (TPSA) is 39.2 Å². The second-order valence-corrected chi connectivity index (χ2v) is 5.06. The number of para-hydroxylation sites is 1. The number of benzene rings is 2. The van der Waals surface area contributed by atoms with Crippen LogP contribution in [0.1, 0.15) is 21.5 Å². The van der Waals surface area contributed by atoms with Crippen molar-refractivity contribution in [2.45, 2.75) is 13.8 Å². The molecule has 0 fully saturated rings. The Balaban J connectivity index is 2.10. The molecular formula is C18H15NO2. The smallest absolute Gasteiger partial charge is 0.230 e. The molecule has 0 amide bonds. The molecule has 3 nitrogen and oxygen atoms in total. The van der Waals surface area contributed by atoms with Crippen molar-refractivity contribution < 1.29 is 9.53 Å². The summed E-state index contributed by atoms with van der Waals surface area (Å²) in [6, 6.07) is 15.4. The van der Waals surface area contributed by atoms with Crippen molar-refractivity contribution >= 4 is 17.2 Å². The summed E-state index contributed by atoms with van der Waals surface area (Å²) >= 11 is 0. The van der Waals surface area contributed by atoms with E-state index in [0.717, 1.165) is 34.1 Å². The first kappa shape index (κ1) is 13.3. The van der Waals surface area contributed by atoms with Gasteiger partial charge in [-0.2, -0.15) is 0 Å². The highest BCUT2D eigenvalue weighted by molar-refractivity contribution is 5.88. The number of nitrogens with zero attached hydrogens (tertiary/aromatic N) is 1. The van der Waals surface area contributed by atoms with E-state index in [-0.39, 0.29) is 0 Å². The van der Waals surface area contributed by atoms with E-state index in [1.54, 1.807) is 6.07 Å². The normalized spacial score (nSPS) is 10.6. The Labute approximate surface area is 123 Å². The molecule has 0 N–H and O–H groups in total. The highest BCUT2D eigenvalue weighted by atomic mass is 16.5. The van der Waals surface area contributed by atoms with Gasteiger partial charge in [0.15, 0.2) is 6.29 Å². The van der Waals surface area contributed by atoms with E-state index in [2.05, 4.69) is 4.98 Å². The average Bonchev–Trinajstić information content (AvgIpc) is 2.50. The van der Waals surface area contributed by atoms with Crippen molar-refractivity contribution in [1.29, 1.82) is 0 Å². The number of hydrogen-bond donors (Lipinski definition) is 0. The van der Waals surface area contributed by atoms with Gasteiger partial charge in [0.05, 0.1) is 11.1 Å². The van der Waals surface area contributed by atoms with Gasteiger partial charge in [-0.05, 0) is 43.2 Å². The third-order valence-electron chi connectivity index (χ3n) is 3.39. The van der Waals surface area contributed by atoms with Crippen LogP contribution in [0.5, 0.6) is 11.6 Å². The van der Waals surface area contributed by atoms with Crippen molar-refractivity contribution in [3.05, 3.63) is 65.2 Å². The lowest BCUT2D eigenvalue weighted by Crippen LogP contribution is -1.96. The molecule has 3 rings (SSSR count). The fourth-order valence-electron chi connectivity index (χ4n) is 2.20. The second-order valence-electron chi connectivity index (χ2n) is 5.06. The van der Waals surface area contributed by atoms with Crippen LogP contribution in [0.2, 0.25) is 0 Å². The van der Waals surface area contributed by atoms with Crippen molar-refractivity contribution in [3.8, 4) is 11.6 Å². The minimum absolute atomic E-state index is 0.345. The van der Waals surface area contributed by atoms with Gasteiger partial charge < -0.3 is 4.74 Å². The molecule has 0 spiro atoms. The third-order valence-corrected chi connectivity index (χ3v) is 3.39. The Hall–Kier alpha value is -2.68. The van der Waals surface area contributed by atoms with Crippen molar-refractivity contribution in [1.82, 2.24) is 4.98 Å². The van der Waals surface area contributed by atoms with Crippen LogP contribution >= 0.6 is 0 Å². The number of rotatable bonds is 3. The summed E-state index contributed by atoms with van der Waals surface area (Å²) in [4.78, 5) is 15.8. The zero-order valence-corrected chi connectivity index (χ0v) is 12.0. The van der Waals surface area contributed by atoms with Crippen LogP contribution in [0.3, 0.4) is 0 Å². The first-order valence-corrected chi connectivity index (χ1v) is 6.77. The van der Waals surface area contributed by atoms with Gasteiger partial charge in [-0.15, -0.1) is 0 Å². The maximum absolute atomic E-state index is 11.3. The van der Waals surface area contributed by atoms with Crippen molar-refractivity contribution in [2.24, 2.45) is 0 Å². The van der Waals surface area contributed by atoms with Gasteiger partial charge in [0.2, 0.25) is 5.88 Å². The van der Waals surface area contributed by atoms with E-state index in [4.69, 9.17) is 4.74 Å². The van der Waals surface area contributed by atoms with Crippen LogP contribution in [0.25, 0.3) is 10.9 Å². The van der Waals surface area contributed by atoms with Crippen LogP contribution in [0, 0.1) is 13.8 Å². The maximum atomic E-state index is 11.3. The first-order chi connectivity index (χ1) is 10.2. The van der Waals surface area contributed by atoms with E-state index >= 15 is 0 Å². The highest BCUT2D eigenvalue weighted by Crippen LogP contribution is 2.28. The fourth-order valence-corrected chi connectivity index (χ4v) is 2.20. The molecule has 1 aromatic heterocycles. The molecule has 0 atom stereocenters. The molecule has 0 aliphatic carbocycles. The third kappa shape index (κ3) is 2.63. The van der Waals surface area contributed by atoms with Gasteiger partial charge in [0.25, 0.3) is 0 Å². The van der Waals surface area contributed by atoms with Gasteiger partial charge in [-0.3, -0.25) is 4.79 Å². The first-order valence-electron chi connectivity index (χ1n) is 6.77. The minimum Gasteiger partial charge on any atom is -0.438 e. The van der Waals surface area contributed by atoms with Crippen LogP contribution < -0.4 is 4.74 Å². The zero-order chi connectivity index (χ0) is 14.8. The van der Waals surface area contributed by atoms with E-state index in [9.17, 15) is 4.79 Å². The Kier molecular flexibility index (Phi) is 3.40. The van der Waals surface area contributed by atoms with E-state index in [0.29, 0.717) is 11.4 Å². The summed E-state index contributed by atoms with van der Waals surface area (Å²) in [7, 11) is 0. The van der Waals surface area contributed by atoms with Gasteiger partial charge in [-0.25, -0.2) is 4.98 Å². The number of fused-ring (bicyclic) bond motifs is 1.